The Balaban J connectivity index is 2.66. The van der Waals surface area contributed by atoms with Crippen molar-refractivity contribution in [3.8, 4) is 0 Å². The monoisotopic (exact) mass is 298 g/mol. The second kappa shape index (κ2) is 6.91. The molecular weight excluding hydrogens is 272 g/mol. The van der Waals surface area contributed by atoms with Crippen molar-refractivity contribution in [1.29, 1.82) is 0 Å². The number of hydrogen-bond donors (Lipinski definition) is 3. The van der Waals surface area contributed by atoms with Crippen molar-refractivity contribution in [2.75, 3.05) is 13.6 Å². The Morgan fingerprint density at radius 1 is 1.19 bits per heavy atom. The normalized spacial score (nSPS) is 25.4. The SMILES string of the molecule is CCC1CC(C(=O)O)C(C(=O)NCC(C)(C)C(=O)NC)C1. The molecule has 1 fully saturated rings. The number of carbonyl (C=O) groups is 3. The van der Waals surface area contributed by atoms with Gasteiger partial charge in [-0.25, -0.2) is 0 Å². The zero-order valence-electron chi connectivity index (χ0n) is 13.2. The summed E-state index contributed by atoms with van der Waals surface area (Å²) in [5, 5.41) is 14.6. The average molecular weight is 298 g/mol. The van der Waals surface area contributed by atoms with Crippen LogP contribution in [-0.2, 0) is 14.4 Å². The van der Waals surface area contributed by atoms with Crippen molar-refractivity contribution in [3.63, 3.8) is 0 Å². The van der Waals surface area contributed by atoms with Crippen LogP contribution in [0.25, 0.3) is 0 Å². The second-order valence-corrected chi connectivity index (χ2v) is 6.48. The smallest absolute Gasteiger partial charge is 0.307 e. The number of rotatable bonds is 6. The van der Waals surface area contributed by atoms with Gasteiger partial charge in [0.05, 0.1) is 17.3 Å². The number of aliphatic carboxylic acids is 1. The van der Waals surface area contributed by atoms with E-state index in [1.165, 1.54) is 0 Å². The summed E-state index contributed by atoms with van der Waals surface area (Å²) in [6, 6.07) is 0. The molecule has 120 valence electrons. The van der Waals surface area contributed by atoms with E-state index >= 15 is 0 Å². The molecule has 0 spiro atoms. The van der Waals surface area contributed by atoms with E-state index in [-0.39, 0.29) is 24.3 Å². The molecule has 0 aromatic heterocycles. The van der Waals surface area contributed by atoms with Crippen molar-refractivity contribution in [2.24, 2.45) is 23.2 Å². The van der Waals surface area contributed by atoms with Gasteiger partial charge in [0.25, 0.3) is 0 Å². The molecule has 0 saturated heterocycles. The van der Waals surface area contributed by atoms with Crippen LogP contribution in [-0.4, -0.2) is 36.5 Å². The van der Waals surface area contributed by atoms with E-state index in [4.69, 9.17) is 0 Å². The lowest BCUT2D eigenvalue weighted by molar-refractivity contribution is -0.146. The molecule has 1 rings (SSSR count). The first kappa shape index (κ1) is 17.5. The fourth-order valence-electron chi connectivity index (χ4n) is 2.90. The minimum Gasteiger partial charge on any atom is -0.481 e. The fraction of sp³-hybridized carbons (Fsp3) is 0.800. The molecule has 21 heavy (non-hydrogen) atoms. The van der Waals surface area contributed by atoms with Crippen molar-refractivity contribution >= 4 is 17.8 Å². The molecule has 1 aliphatic carbocycles. The molecule has 3 atom stereocenters. The van der Waals surface area contributed by atoms with E-state index < -0.39 is 23.2 Å². The van der Waals surface area contributed by atoms with Gasteiger partial charge in [0.15, 0.2) is 0 Å². The van der Waals surface area contributed by atoms with Crippen LogP contribution in [0.4, 0.5) is 0 Å². The van der Waals surface area contributed by atoms with E-state index in [2.05, 4.69) is 10.6 Å². The molecule has 3 unspecified atom stereocenters. The van der Waals surface area contributed by atoms with Gasteiger partial charge in [0.1, 0.15) is 0 Å². The van der Waals surface area contributed by atoms with Crippen LogP contribution in [0.1, 0.15) is 40.0 Å². The van der Waals surface area contributed by atoms with Crippen molar-refractivity contribution in [2.45, 2.75) is 40.0 Å². The number of nitrogens with one attached hydrogen (secondary N) is 2. The van der Waals surface area contributed by atoms with Crippen molar-refractivity contribution < 1.29 is 19.5 Å². The van der Waals surface area contributed by atoms with Gasteiger partial charge < -0.3 is 15.7 Å². The van der Waals surface area contributed by atoms with Gasteiger partial charge in [-0.1, -0.05) is 13.3 Å². The summed E-state index contributed by atoms with van der Waals surface area (Å²) in [6.45, 7) is 5.69. The number of carboxylic acids is 1. The molecule has 2 amide bonds. The Labute approximate surface area is 125 Å². The van der Waals surface area contributed by atoms with E-state index in [9.17, 15) is 19.5 Å². The van der Waals surface area contributed by atoms with Crippen LogP contribution < -0.4 is 10.6 Å². The highest BCUT2D eigenvalue weighted by atomic mass is 16.4. The Morgan fingerprint density at radius 2 is 1.76 bits per heavy atom. The van der Waals surface area contributed by atoms with Crippen LogP contribution in [0, 0.1) is 23.2 Å². The van der Waals surface area contributed by atoms with Gasteiger partial charge in [-0.05, 0) is 32.6 Å². The number of amides is 2. The molecular formula is C15H26N2O4. The molecule has 6 heteroatoms. The van der Waals surface area contributed by atoms with Gasteiger partial charge in [0.2, 0.25) is 11.8 Å². The van der Waals surface area contributed by atoms with Gasteiger partial charge in [-0.2, -0.15) is 0 Å². The maximum atomic E-state index is 12.3. The van der Waals surface area contributed by atoms with E-state index in [0.717, 1.165) is 6.42 Å². The summed E-state index contributed by atoms with van der Waals surface area (Å²) in [5.74, 6) is -2.14. The summed E-state index contributed by atoms with van der Waals surface area (Å²) < 4.78 is 0. The Kier molecular flexibility index (Phi) is 5.75. The van der Waals surface area contributed by atoms with E-state index in [1.54, 1.807) is 20.9 Å². The molecule has 0 aliphatic heterocycles. The highest BCUT2D eigenvalue weighted by molar-refractivity contribution is 5.86. The molecule has 0 bridgehead atoms. The minimum atomic E-state index is -0.906. The third kappa shape index (κ3) is 4.19. The molecule has 0 aromatic carbocycles. The third-order valence-electron chi connectivity index (χ3n) is 4.44. The zero-order chi connectivity index (χ0) is 16.2. The quantitative estimate of drug-likeness (QED) is 0.682. The first-order valence-corrected chi connectivity index (χ1v) is 7.45. The van der Waals surface area contributed by atoms with Crippen LogP contribution in [0.15, 0.2) is 0 Å². The maximum absolute atomic E-state index is 12.3. The zero-order valence-corrected chi connectivity index (χ0v) is 13.2. The molecule has 6 nitrogen and oxygen atoms in total. The number of hydrogen-bond acceptors (Lipinski definition) is 3. The van der Waals surface area contributed by atoms with Gasteiger partial charge in [-0.15, -0.1) is 0 Å². The van der Waals surface area contributed by atoms with Crippen LogP contribution >= 0.6 is 0 Å². The van der Waals surface area contributed by atoms with Crippen LogP contribution in [0.2, 0.25) is 0 Å². The molecule has 1 aliphatic rings. The first-order valence-electron chi connectivity index (χ1n) is 7.45. The molecule has 1 saturated carbocycles. The molecule has 0 heterocycles. The lowest BCUT2D eigenvalue weighted by Crippen LogP contribution is -2.46. The fourth-order valence-corrected chi connectivity index (χ4v) is 2.90. The van der Waals surface area contributed by atoms with Gasteiger partial charge in [0, 0.05) is 13.6 Å². The van der Waals surface area contributed by atoms with Gasteiger partial charge >= 0.3 is 5.97 Å². The lowest BCUT2D eigenvalue weighted by Gasteiger charge is -2.24. The maximum Gasteiger partial charge on any atom is 0.307 e. The summed E-state index contributed by atoms with van der Waals surface area (Å²) >= 11 is 0. The summed E-state index contributed by atoms with van der Waals surface area (Å²) in [4.78, 5) is 35.2. The number of carboxylic acid groups (broad SMARTS) is 1. The number of carbonyl (C=O) groups excluding carboxylic acids is 2. The minimum absolute atomic E-state index is 0.157. The van der Waals surface area contributed by atoms with Crippen LogP contribution in [0.3, 0.4) is 0 Å². The molecule has 0 aromatic rings. The third-order valence-corrected chi connectivity index (χ3v) is 4.44. The van der Waals surface area contributed by atoms with Crippen LogP contribution in [0.5, 0.6) is 0 Å². The van der Waals surface area contributed by atoms with Crippen molar-refractivity contribution in [3.05, 3.63) is 0 Å². The summed E-state index contributed by atoms with van der Waals surface area (Å²) in [5.41, 5.74) is -0.716. The average Bonchev–Trinajstić information content (AvgIpc) is 2.88. The molecule has 0 radical (unpaired) electrons. The standard InChI is InChI=1S/C15H26N2O4/c1-5-9-6-10(11(7-9)13(19)20)12(18)17-8-15(2,3)14(21)16-4/h9-11H,5-8H2,1-4H3,(H,16,21)(H,17,18)(H,19,20). The Morgan fingerprint density at radius 3 is 2.24 bits per heavy atom. The summed E-state index contributed by atoms with van der Waals surface area (Å²) in [6.07, 6.45) is 2.06. The predicted octanol–water partition coefficient (Wildman–Crippen LogP) is 1.01. The highest BCUT2D eigenvalue weighted by Gasteiger charge is 2.42. The van der Waals surface area contributed by atoms with E-state index in [0.29, 0.717) is 12.8 Å². The predicted molar refractivity (Wildman–Crippen MR) is 78.5 cm³/mol. The van der Waals surface area contributed by atoms with E-state index in [1.807, 2.05) is 6.92 Å². The van der Waals surface area contributed by atoms with Crippen molar-refractivity contribution in [1.82, 2.24) is 10.6 Å². The lowest BCUT2D eigenvalue weighted by atomic mass is 9.91. The first-order chi connectivity index (χ1) is 9.72. The topological polar surface area (TPSA) is 95.5 Å². The highest BCUT2D eigenvalue weighted by Crippen LogP contribution is 2.38. The largest absolute Gasteiger partial charge is 0.481 e. The summed E-state index contributed by atoms with van der Waals surface area (Å²) in [7, 11) is 1.55. The second-order valence-electron chi connectivity index (χ2n) is 6.48. The Hall–Kier alpha value is -1.59. The van der Waals surface area contributed by atoms with Gasteiger partial charge in [-0.3, -0.25) is 14.4 Å². The molecule has 3 N–H and O–H groups in total. The Bertz CT molecular complexity index is 420.